The summed E-state index contributed by atoms with van der Waals surface area (Å²) in [7, 11) is 1.89. The third-order valence-electron chi connectivity index (χ3n) is 2.05. The van der Waals surface area contributed by atoms with Crippen LogP contribution < -0.4 is 16.0 Å². The monoisotopic (exact) mass is 255 g/mol. The van der Waals surface area contributed by atoms with Crippen LogP contribution in [-0.4, -0.2) is 32.6 Å². The fourth-order valence-corrected chi connectivity index (χ4v) is 1.19. The summed E-state index contributed by atoms with van der Waals surface area (Å²) < 4.78 is 0. The van der Waals surface area contributed by atoms with Crippen molar-refractivity contribution in [2.75, 3.05) is 26.7 Å². The van der Waals surface area contributed by atoms with E-state index < -0.39 is 0 Å². The minimum atomic E-state index is 0.571. The van der Waals surface area contributed by atoms with Crippen molar-refractivity contribution in [3.05, 3.63) is 0 Å². The summed E-state index contributed by atoms with van der Waals surface area (Å²) in [5.41, 5.74) is 0. The lowest BCUT2D eigenvalue weighted by atomic mass is 10.1. The first-order chi connectivity index (χ1) is 8.70. The molecule has 0 aromatic rings. The van der Waals surface area contributed by atoms with E-state index in [2.05, 4.69) is 34.8 Å². The summed E-state index contributed by atoms with van der Waals surface area (Å²) in [4.78, 5) is 4.30. The van der Waals surface area contributed by atoms with Crippen molar-refractivity contribution in [2.45, 2.75) is 40.5 Å². The number of aliphatic imine (C=N–C) groups is 1. The molecule has 0 atom stereocenters. The highest BCUT2D eigenvalue weighted by atomic mass is 15.2. The highest BCUT2D eigenvalue weighted by Crippen LogP contribution is 2.02. The quantitative estimate of drug-likeness (QED) is 0.213. The molecule has 0 aromatic heterocycles. The number of rotatable bonds is 7. The molecule has 0 spiro atoms. The first kappa shape index (κ1) is 19.1. The van der Waals surface area contributed by atoms with Crippen LogP contribution in [-0.2, 0) is 0 Å². The molecule has 0 aliphatic heterocycles. The molecule has 0 radical (unpaired) electrons. The number of nitriles is 1. The second kappa shape index (κ2) is 15.7. The summed E-state index contributed by atoms with van der Waals surface area (Å²) in [5.74, 6) is 1.28. The maximum absolute atomic E-state index is 8.54. The van der Waals surface area contributed by atoms with Crippen molar-refractivity contribution in [1.29, 1.82) is 5.26 Å². The third kappa shape index (κ3) is 14.7. The van der Waals surface area contributed by atoms with Gasteiger partial charge in [-0.2, -0.15) is 5.26 Å². The molecule has 0 heterocycles. The molecular formula is C13H29N5. The zero-order valence-corrected chi connectivity index (χ0v) is 12.5. The summed E-state index contributed by atoms with van der Waals surface area (Å²) in [6.45, 7) is 10.8. The highest BCUT2D eigenvalue weighted by molar-refractivity contribution is 5.81. The summed E-state index contributed by atoms with van der Waals surface area (Å²) in [5, 5.41) is 17.2. The SMILES string of the molecule is CC.CNCCNC(=NCCCC(C)C)NC#N. The molecule has 18 heavy (non-hydrogen) atoms. The maximum atomic E-state index is 8.54. The molecule has 0 amide bonds. The van der Waals surface area contributed by atoms with E-state index in [1.54, 1.807) is 0 Å². The molecular weight excluding hydrogens is 226 g/mol. The van der Waals surface area contributed by atoms with E-state index >= 15 is 0 Å². The van der Waals surface area contributed by atoms with Crippen LogP contribution >= 0.6 is 0 Å². The Balaban J connectivity index is 0. The lowest BCUT2D eigenvalue weighted by Crippen LogP contribution is -2.38. The summed E-state index contributed by atoms with van der Waals surface area (Å²) in [6, 6.07) is 0. The van der Waals surface area contributed by atoms with Crippen molar-refractivity contribution in [1.82, 2.24) is 16.0 Å². The van der Waals surface area contributed by atoms with Crippen LogP contribution in [0.2, 0.25) is 0 Å². The number of hydrogen-bond acceptors (Lipinski definition) is 3. The van der Waals surface area contributed by atoms with Crippen molar-refractivity contribution in [3.8, 4) is 6.19 Å². The van der Waals surface area contributed by atoms with Gasteiger partial charge >= 0.3 is 0 Å². The van der Waals surface area contributed by atoms with Gasteiger partial charge in [-0.3, -0.25) is 10.3 Å². The fourth-order valence-electron chi connectivity index (χ4n) is 1.19. The number of nitrogens with one attached hydrogen (secondary N) is 3. The van der Waals surface area contributed by atoms with E-state index in [4.69, 9.17) is 5.26 Å². The van der Waals surface area contributed by atoms with E-state index in [0.717, 1.165) is 26.1 Å². The first-order valence-corrected chi connectivity index (χ1v) is 6.78. The fraction of sp³-hybridized carbons (Fsp3) is 0.846. The van der Waals surface area contributed by atoms with Crippen LogP contribution in [0, 0.1) is 17.4 Å². The Bertz CT molecular complexity index is 230. The second-order valence-electron chi connectivity index (χ2n) is 4.03. The molecule has 5 nitrogen and oxygen atoms in total. The molecule has 0 unspecified atom stereocenters. The van der Waals surface area contributed by atoms with Gasteiger partial charge in [0.15, 0.2) is 6.19 Å². The number of hydrogen-bond donors (Lipinski definition) is 3. The van der Waals surface area contributed by atoms with E-state index in [0.29, 0.717) is 11.9 Å². The zero-order chi connectivity index (χ0) is 14.2. The molecule has 0 saturated carbocycles. The van der Waals surface area contributed by atoms with Crippen molar-refractivity contribution in [2.24, 2.45) is 10.9 Å². The lowest BCUT2D eigenvalue weighted by molar-refractivity contribution is 0.560. The zero-order valence-electron chi connectivity index (χ0n) is 12.5. The lowest BCUT2D eigenvalue weighted by Gasteiger charge is -2.07. The largest absolute Gasteiger partial charge is 0.354 e. The Labute approximate surface area is 112 Å². The van der Waals surface area contributed by atoms with Crippen molar-refractivity contribution >= 4 is 5.96 Å². The van der Waals surface area contributed by atoms with E-state index in [1.165, 1.54) is 6.42 Å². The van der Waals surface area contributed by atoms with Crippen LogP contribution in [0.25, 0.3) is 0 Å². The van der Waals surface area contributed by atoms with E-state index in [-0.39, 0.29) is 0 Å². The Kier molecular flexibility index (Phi) is 16.7. The predicted octanol–water partition coefficient (Wildman–Crippen LogP) is 1.68. The molecule has 5 heteroatoms. The molecule has 106 valence electrons. The predicted molar refractivity (Wildman–Crippen MR) is 78.4 cm³/mol. The van der Waals surface area contributed by atoms with Gasteiger partial charge in [0.05, 0.1) is 0 Å². The molecule has 0 aliphatic carbocycles. The van der Waals surface area contributed by atoms with Gasteiger partial charge in [-0.15, -0.1) is 0 Å². The maximum Gasteiger partial charge on any atom is 0.204 e. The molecule has 0 aromatic carbocycles. The van der Waals surface area contributed by atoms with Gasteiger partial charge in [0.1, 0.15) is 0 Å². The standard InChI is InChI=1S/C11H23N5.C2H6/c1-10(2)5-4-6-14-11(16-9-12)15-8-7-13-3;1-2/h10,13H,4-8H2,1-3H3,(H2,14,15,16);1-2H3. The molecule has 0 rings (SSSR count). The van der Waals surface area contributed by atoms with Gasteiger partial charge < -0.3 is 10.6 Å². The van der Waals surface area contributed by atoms with Gasteiger partial charge in [-0.25, -0.2) is 0 Å². The van der Waals surface area contributed by atoms with Crippen LogP contribution in [0.15, 0.2) is 4.99 Å². The minimum absolute atomic E-state index is 0.571. The van der Waals surface area contributed by atoms with Gasteiger partial charge in [0.25, 0.3) is 0 Å². The molecule has 0 fully saturated rings. The van der Waals surface area contributed by atoms with Crippen LogP contribution in [0.1, 0.15) is 40.5 Å². The normalized spacial score (nSPS) is 10.4. The number of likely N-dealkylation sites (N-methyl/N-ethyl adjacent to an activating group) is 1. The molecule has 0 aliphatic rings. The van der Waals surface area contributed by atoms with Crippen LogP contribution in [0.3, 0.4) is 0 Å². The Morgan fingerprint density at radius 2 is 1.94 bits per heavy atom. The first-order valence-electron chi connectivity index (χ1n) is 6.78. The average molecular weight is 255 g/mol. The van der Waals surface area contributed by atoms with Crippen LogP contribution in [0.4, 0.5) is 0 Å². The third-order valence-corrected chi connectivity index (χ3v) is 2.05. The summed E-state index contributed by atoms with van der Waals surface area (Å²) in [6.07, 6.45) is 4.10. The van der Waals surface area contributed by atoms with Gasteiger partial charge in [0.2, 0.25) is 5.96 Å². The van der Waals surface area contributed by atoms with Gasteiger partial charge in [-0.1, -0.05) is 27.7 Å². The van der Waals surface area contributed by atoms with Gasteiger partial charge in [0, 0.05) is 19.6 Å². The average Bonchev–Trinajstić information content (AvgIpc) is 2.37. The van der Waals surface area contributed by atoms with Crippen molar-refractivity contribution in [3.63, 3.8) is 0 Å². The molecule has 3 N–H and O–H groups in total. The Morgan fingerprint density at radius 1 is 1.28 bits per heavy atom. The topological polar surface area (TPSA) is 72.2 Å². The highest BCUT2D eigenvalue weighted by Gasteiger charge is 1.97. The van der Waals surface area contributed by atoms with Gasteiger partial charge in [-0.05, 0) is 25.8 Å². The van der Waals surface area contributed by atoms with E-state index in [1.807, 2.05) is 27.1 Å². The number of guanidine groups is 1. The van der Waals surface area contributed by atoms with Crippen molar-refractivity contribution < 1.29 is 0 Å². The van der Waals surface area contributed by atoms with E-state index in [9.17, 15) is 0 Å². The number of nitrogens with zero attached hydrogens (tertiary/aromatic N) is 2. The summed E-state index contributed by atoms with van der Waals surface area (Å²) >= 11 is 0. The molecule has 0 bridgehead atoms. The molecule has 0 saturated heterocycles. The minimum Gasteiger partial charge on any atom is -0.354 e. The second-order valence-corrected chi connectivity index (χ2v) is 4.03. The van der Waals surface area contributed by atoms with Crippen LogP contribution in [0.5, 0.6) is 0 Å². The smallest absolute Gasteiger partial charge is 0.204 e. The Hall–Kier alpha value is -1.28. The Morgan fingerprint density at radius 3 is 2.44 bits per heavy atom.